The van der Waals surface area contributed by atoms with Gasteiger partial charge in [-0.05, 0) is 46.7 Å². The molecule has 146 valence electrons. The van der Waals surface area contributed by atoms with Crippen LogP contribution in [0.15, 0.2) is 64.1 Å². The van der Waals surface area contributed by atoms with Crippen molar-refractivity contribution in [2.24, 2.45) is 5.73 Å². The number of aromatic nitrogens is 2. The normalized spacial score (nSPS) is 10.8. The zero-order valence-electron chi connectivity index (χ0n) is 15.6. The van der Waals surface area contributed by atoms with Crippen LogP contribution in [0, 0.1) is 0 Å². The number of nitrogens with one attached hydrogen (secondary N) is 1. The SMILES string of the molecule is COc1cccc(N(C(N)=O)c2ccc3c(Cc4ccsc4)n[nH]c(=O)c3c2)c1. The lowest BCUT2D eigenvalue weighted by Gasteiger charge is -2.21. The molecular weight excluding hydrogens is 388 g/mol. The van der Waals surface area contributed by atoms with Crippen molar-refractivity contribution in [3.63, 3.8) is 0 Å². The van der Waals surface area contributed by atoms with E-state index in [4.69, 9.17) is 10.5 Å². The Morgan fingerprint density at radius 3 is 2.72 bits per heavy atom. The summed E-state index contributed by atoms with van der Waals surface area (Å²) in [6.07, 6.45) is 0.603. The number of rotatable bonds is 5. The topological polar surface area (TPSA) is 101 Å². The van der Waals surface area contributed by atoms with E-state index in [2.05, 4.69) is 10.2 Å². The highest BCUT2D eigenvalue weighted by atomic mass is 32.1. The van der Waals surface area contributed by atoms with Gasteiger partial charge in [0, 0.05) is 17.9 Å². The standard InChI is InChI=1S/C21H18N4O3S/c1-28-16-4-2-3-14(10-16)25(21(22)27)15-5-6-17-18(11-15)20(26)24-23-19(17)9-13-7-8-29-12-13/h2-8,10-12H,9H2,1H3,(H2,22,27)(H,24,26). The first-order valence-electron chi connectivity index (χ1n) is 8.83. The van der Waals surface area contributed by atoms with Gasteiger partial charge >= 0.3 is 6.03 Å². The highest BCUT2D eigenvalue weighted by Gasteiger charge is 2.18. The van der Waals surface area contributed by atoms with Gasteiger partial charge in [0.1, 0.15) is 5.75 Å². The maximum absolute atomic E-state index is 12.4. The molecule has 0 aliphatic rings. The average molecular weight is 406 g/mol. The van der Waals surface area contributed by atoms with Crippen LogP contribution in [0.3, 0.4) is 0 Å². The lowest BCUT2D eigenvalue weighted by molar-refractivity contribution is 0.256. The molecule has 4 rings (SSSR count). The number of amides is 2. The van der Waals surface area contributed by atoms with Crippen molar-refractivity contribution in [3.05, 3.63) is 80.9 Å². The molecule has 0 bridgehead atoms. The van der Waals surface area contributed by atoms with E-state index in [9.17, 15) is 9.59 Å². The Morgan fingerprint density at radius 2 is 2.00 bits per heavy atom. The summed E-state index contributed by atoms with van der Waals surface area (Å²) in [6, 6.07) is 13.5. The number of fused-ring (bicyclic) bond motifs is 1. The van der Waals surface area contributed by atoms with Crippen LogP contribution in [0.1, 0.15) is 11.3 Å². The van der Waals surface area contributed by atoms with Crippen molar-refractivity contribution in [3.8, 4) is 5.75 Å². The molecule has 0 atom stereocenters. The van der Waals surface area contributed by atoms with Crippen molar-refractivity contribution in [2.75, 3.05) is 12.0 Å². The summed E-state index contributed by atoms with van der Waals surface area (Å²) in [5.41, 5.74) is 8.22. The maximum atomic E-state index is 12.4. The smallest absolute Gasteiger partial charge is 0.323 e. The first-order valence-corrected chi connectivity index (χ1v) is 9.77. The largest absolute Gasteiger partial charge is 0.497 e. The summed E-state index contributed by atoms with van der Waals surface area (Å²) in [4.78, 5) is 26.0. The Morgan fingerprint density at radius 1 is 1.17 bits per heavy atom. The molecule has 2 heterocycles. The van der Waals surface area contributed by atoms with Crippen molar-refractivity contribution < 1.29 is 9.53 Å². The number of nitrogens with two attached hydrogens (primary N) is 1. The van der Waals surface area contributed by atoms with Gasteiger partial charge in [0.25, 0.3) is 5.56 Å². The summed E-state index contributed by atoms with van der Waals surface area (Å²) >= 11 is 1.61. The average Bonchev–Trinajstić information content (AvgIpc) is 3.23. The van der Waals surface area contributed by atoms with E-state index < -0.39 is 6.03 Å². The van der Waals surface area contributed by atoms with E-state index >= 15 is 0 Å². The fourth-order valence-electron chi connectivity index (χ4n) is 3.22. The van der Waals surface area contributed by atoms with Gasteiger partial charge in [-0.3, -0.25) is 9.69 Å². The van der Waals surface area contributed by atoms with Crippen LogP contribution >= 0.6 is 11.3 Å². The molecule has 2 aromatic carbocycles. The van der Waals surface area contributed by atoms with Crippen LogP contribution in [0.5, 0.6) is 5.75 Å². The molecular formula is C21H18N4O3S. The number of hydrogen-bond donors (Lipinski definition) is 2. The molecule has 2 aromatic heterocycles. The van der Waals surface area contributed by atoms with E-state index in [1.54, 1.807) is 60.9 Å². The molecule has 0 spiro atoms. The predicted octanol–water partition coefficient (Wildman–Crippen LogP) is 3.80. The van der Waals surface area contributed by atoms with Gasteiger partial charge < -0.3 is 10.5 Å². The van der Waals surface area contributed by atoms with Gasteiger partial charge in [-0.15, -0.1) is 0 Å². The van der Waals surface area contributed by atoms with Gasteiger partial charge in [-0.1, -0.05) is 12.1 Å². The predicted molar refractivity (Wildman–Crippen MR) is 114 cm³/mol. The molecule has 8 heteroatoms. The van der Waals surface area contributed by atoms with Crippen LogP contribution in [0.4, 0.5) is 16.2 Å². The summed E-state index contributed by atoms with van der Waals surface area (Å²) in [5.74, 6) is 0.592. The number of benzene rings is 2. The number of urea groups is 1. The van der Waals surface area contributed by atoms with E-state index in [-0.39, 0.29) is 5.56 Å². The van der Waals surface area contributed by atoms with Crippen molar-refractivity contribution in [2.45, 2.75) is 6.42 Å². The summed E-state index contributed by atoms with van der Waals surface area (Å²) in [6.45, 7) is 0. The Bertz CT molecular complexity index is 1230. The monoisotopic (exact) mass is 406 g/mol. The molecule has 4 aromatic rings. The number of hydrogen-bond acceptors (Lipinski definition) is 5. The molecule has 0 aliphatic carbocycles. The van der Waals surface area contributed by atoms with Gasteiger partial charge in [0.15, 0.2) is 0 Å². The molecule has 0 saturated carbocycles. The Hall–Kier alpha value is -3.65. The van der Waals surface area contributed by atoms with E-state index in [0.29, 0.717) is 28.9 Å². The highest BCUT2D eigenvalue weighted by molar-refractivity contribution is 7.07. The molecule has 3 N–H and O–H groups in total. The second-order valence-electron chi connectivity index (χ2n) is 6.41. The molecule has 0 saturated heterocycles. The van der Waals surface area contributed by atoms with Crippen LogP contribution in [0.2, 0.25) is 0 Å². The zero-order chi connectivity index (χ0) is 20.4. The number of carbonyl (C=O) groups is 1. The van der Waals surface area contributed by atoms with E-state index in [0.717, 1.165) is 16.6 Å². The number of ether oxygens (including phenoxy) is 1. The quantitative estimate of drug-likeness (QED) is 0.526. The number of nitrogens with zero attached hydrogens (tertiary/aromatic N) is 2. The number of H-pyrrole nitrogens is 1. The Labute approximate surface area is 170 Å². The Balaban J connectivity index is 1.82. The van der Waals surface area contributed by atoms with Crippen LogP contribution in [-0.2, 0) is 6.42 Å². The molecule has 0 unspecified atom stereocenters. The maximum Gasteiger partial charge on any atom is 0.323 e. The van der Waals surface area contributed by atoms with E-state index in [1.807, 2.05) is 16.8 Å². The number of anilines is 2. The molecule has 2 amide bonds. The van der Waals surface area contributed by atoms with Gasteiger partial charge in [-0.2, -0.15) is 16.4 Å². The number of aromatic amines is 1. The minimum Gasteiger partial charge on any atom is -0.497 e. The fourth-order valence-corrected chi connectivity index (χ4v) is 3.89. The van der Waals surface area contributed by atoms with E-state index in [1.165, 1.54) is 4.90 Å². The molecule has 0 fully saturated rings. The number of primary amides is 1. The molecule has 7 nitrogen and oxygen atoms in total. The van der Waals surface area contributed by atoms with Crippen LogP contribution in [0.25, 0.3) is 10.8 Å². The zero-order valence-corrected chi connectivity index (χ0v) is 16.4. The third kappa shape index (κ3) is 3.70. The fraction of sp³-hybridized carbons (Fsp3) is 0.0952. The van der Waals surface area contributed by atoms with Gasteiger partial charge in [0.2, 0.25) is 0 Å². The van der Waals surface area contributed by atoms with Gasteiger partial charge in [0.05, 0.1) is 29.6 Å². The second-order valence-corrected chi connectivity index (χ2v) is 7.19. The van der Waals surface area contributed by atoms with Crippen LogP contribution < -0.4 is 20.9 Å². The molecule has 0 radical (unpaired) electrons. The number of carbonyl (C=O) groups excluding carboxylic acids is 1. The molecule has 29 heavy (non-hydrogen) atoms. The minimum atomic E-state index is -0.665. The first kappa shape index (κ1) is 18.7. The molecule has 0 aliphatic heterocycles. The Kier molecular flexibility index (Phi) is 5.01. The third-order valence-corrected chi connectivity index (χ3v) is 5.32. The lowest BCUT2D eigenvalue weighted by atomic mass is 10.1. The first-order chi connectivity index (χ1) is 14.1. The summed E-state index contributed by atoms with van der Waals surface area (Å²) < 4.78 is 5.23. The minimum absolute atomic E-state index is 0.328. The lowest BCUT2D eigenvalue weighted by Crippen LogP contribution is -2.31. The van der Waals surface area contributed by atoms with Crippen molar-refractivity contribution in [1.82, 2.24) is 10.2 Å². The third-order valence-electron chi connectivity index (χ3n) is 4.59. The van der Waals surface area contributed by atoms with Crippen molar-refractivity contribution in [1.29, 1.82) is 0 Å². The van der Waals surface area contributed by atoms with Crippen LogP contribution in [-0.4, -0.2) is 23.3 Å². The summed E-state index contributed by atoms with van der Waals surface area (Å²) in [7, 11) is 1.55. The number of thiophene rings is 1. The number of methoxy groups -OCH3 is 1. The summed E-state index contributed by atoms with van der Waals surface area (Å²) in [5, 5.41) is 12.0. The van der Waals surface area contributed by atoms with Gasteiger partial charge in [-0.25, -0.2) is 9.89 Å². The highest BCUT2D eigenvalue weighted by Crippen LogP contribution is 2.30. The van der Waals surface area contributed by atoms with Crippen molar-refractivity contribution >= 4 is 39.5 Å². The second kappa shape index (κ2) is 7.76.